The lowest BCUT2D eigenvalue weighted by Crippen LogP contribution is -2.40. The molecule has 0 heterocycles. The Hall–Kier alpha value is -0.300. The highest BCUT2D eigenvalue weighted by Gasteiger charge is 2.14. The molecule has 0 fully saturated rings. The van der Waals surface area contributed by atoms with Crippen molar-refractivity contribution < 1.29 is 0 Å². The Morgan fingerprint density at radius 2 is 2.00 bits per heavy atom. The standard InChI is InChI=1S/C13H27N/c1-6-9-10-12(7-2)11-14-13(4,5)8-3/h8,12,14H,3,6-7,9-11H2,1-2,4-5H3. The van der Waals surface area contributed by atoms with E-state index in [9.17, 15) is 0 Å². The molecule has 1 nitrogen and oxygen atoms in total. The van der Waals surface area contributed by atoms with E-state index < -0.39 is 0 Å². The second-order valence-electron chi connectivity index (χ2n) is 4.72. The van der Waals surface area contributed by atoms with E-state index in [1.807, 2.05) is 6.08 Å². The highest BCUT2D eigenvalue weighted by atomic mass is 14.9. The van der Waals surface area contributed by atoms with Crippen molar-refractivity contribution in [1.29, 1.82) is 0 Å². The molecule has 84 valence electrons. The molecule has 0 spiro atoms. The minimum absolute atomic E-state index is 0.0830. The third kappa shape index (κ3) is 6.20. The fraction of sp³-hybridized carbons (Fsp3) is 0.846. The molecule has 0 bridgehead atoms. The van der Waals surface area contributed by atoms with Crippen LogP contribution < -0.4 is 5.32 Å². The lowest BCUT2D eigenvalue weighted by atomic mass is 9.97. The zero-order valence-corrected chi connectivity index (χ0v) is 10.4. The lowest BCUT2D eigenvalue weighted by Gasteiger charge is -2.25. The van der Waals surface area contributed by atoms with Crippen molar-refractivity contribution in [3.05, 3.63) is 12.7 Å². The van der Waals surface area contributed by atoms with Crippen LogP contribution in [0.1, 0.15) is 53.4 Å². The molecule has 1 N–H and O–H groups in total. The lowest BCUT2D eigenvalue weighted by molar-refractivity contribution is 0.369. The molecule has 1 unspecified atom stereocenters. The summed E-state index contributed by atoms with van der Waals surface area (Å²) in [4.78, 5) is 0. The van der Waals surface area contributed by atoms with Gasteiger partial charge in [0, 0.05) is 5.54 Å². The molecule has 0 aromatic carbocycles. The second kappa shape index (κ2) is 7.05. The predicted molar refractivity (Wildman–Crippen MR) is 65.6 cm³/mol. The minimum Gasteiger partial charge on any atom is -0.308 e. The smallest absolute Gasteiger partial charge is 0.0304 e. The van der Waals surface area contributed by atoms with Crippen LogP contribution in [0.25, 0.3) is 0 Å². The van der Waals surface area contributed by atoms with Gasteiger partial charge in [0.2, 0.25) is 0 Å². The Morgan fingerprint density at radius 3 is 2.43 bits per heavy atom. The zero-order valence-electron chi connectivity index (χ0n) is 10.4. The molecule has 0 amide bonds. The van der Waals surface area contributed by atoms with Crippen molar-refractivity contribution in [2.75, 3.05) is 6.54 Å². The van der Waals surface area contributed by atoms with E-state index in [-0.39, 0.29) is 5.54 Å². The summed E-state index contributed by atoms with van der Waals surface area (Å²) in [5, 5.41) is 3.55. The molecule has 14 heavy (non-hydrogen) atoms. The first-order valence-corrected chi connectivity index (χ1v) is 5.94. The minimum atomic E-state index is 0.0830. The summed E-state index contributed by atoms with van der Waals surface area (Å²) in [6.07, 6.45) is 7.28. The van der Waals surface area contributed by atoms with Gasteiger partial charge in [-0.05, 0) is 32.7 Å². The van der Waals surface area contributed by atoms with Gasteiger partial charge >= 0.3 is 0 Å². The van der Waals surface area contributed by atoms with Gasteiger partial charge in [-0.3, -0.25) is 0 Å². The van der Waals surface area contributed by atoms with E-state index in [0.29, 0.717) is 0 Å². The monoisotopic (exact) mass is 197 g/mol. The zero-order chi connectivity index (χ0) is 11.0. The Kier molecular flexibility index (Phi) is 6.90. The summed E-state index contributed by atoms with van der Waals surface area (Å²) in [5.74, 6) is 0.828. The van der Waals surface area contributed by atoms with Gasteiger partial charge in [0.15, 0.2) is 0 Å². The van der Waals surface area contributed by atoms with E-state index in [0.717, 1.165) is 12.5 Å². The van der Waals surface area contributed by atoms with Gasteiger partial charge < -0.3 is 5.32 Å². The summed E-state index contributed by atoms with van der Waals surface area (Å²) in [7, 11) is 0. The van der Waals surface area contributed by atoms with Crippen LogP contribution in [0, 0.1) is 5.92 Å². The fourth-order valence-corrected chi connectivity index (χ4v) is 1.42. The number of hydrogen-bond acceptors (Lipinski definition) is 1. The van der Waals surface area contributed by atoms with Gasteiger partial charge in [-0.15, -0.1) is 6.58 Å². The van der Waals surface area contributed by atoms with Crippen molar-refractivity contribution in [1.82, 2.24) is 5.32 Å². The maximum absolute atomic E-state index is 3.84. The average molecular weight is 197 g/mol. The van der Waals surface area contributed by atoms with E-state index >= 15 is 0 Å². The average Bonchev–Trinajstić information content (AvgIpc) is 2.18. The van der Waals surface area contributed by atoms with Crippen LogP contribution in [0.5, 0.6) is 0 Å². The maximum Gasteiger partial charge on any atom is 0.0304 e. The SMILES string of the molecule is C=CC(C)(C)NCC(CC)CCCC. The first-order chi connectivity index (χ1) is 6.55. The van der Waals surface area contributed by atoms with Gasteiger partial charge in [0.25, 0.3) is 0 Å². The molecule has 1 atom stereocenters. The fourth-order valence-electron chi connectivity index (χ4n) is 1.42. The number of rotatable bonds is 8. The van der Waals surface area contributed by atoms with Gasteiger partial charge in [-0.25, -0.2) is 0 Å². The third-order valence-corrected chi connectivity index (χ3v) is 2.90. The van der Waals surface area contributed by atoms with Crippen LogP contribution in [0.15, 0.2) is 12.7 Å². The summed E-state index contributed by atoms with van der Waals surface area (Å²) >= 11 is 0. The van der Waals surface area contributed by atoms with Crippen LogP contribution in [0.3, 0.4) is 0 Å². The first kappa shape index (κ1) is 13.7. The molecule has 0 aliphatic heterocycles. The van der Waals surface area contributed by atoms with Crippen LogP contribution in [-0.2, 0) is 0 Å². The van der Waals surface area contributed by atoms with Crippen LogP contribution in [0.2, 0.25) is 0 Å². The molecule has 0 rings (SSSR count). The topological polar surface area (TPSA) is 12.0 Å². The predicted octanol–water partition coefficient (Wildman–Crippen LogP) is 3.76. The second-order valence-corrected chi connectivity index (χ2v) is 4.72. The molecule has 0 aliphatic carbocycles. The molecule has 1 heteroatoms. The molecule has 0 saturated carbocycles. The van der Waals surface area contributed by atoms with Crippen molar-refractivity contribution >= 4 is 0 Å². The highest BCUT2D eigenvalue weighted by molar-refractivity contribution is 4.95. The Bertz CT molecular complexity index is 149. The maximum atomic E-state index is 3.84. The summed E-state index contributed by atoms with van der Waals surface area (Å²) in [5.41, 5.74) is 0.0830. The van der Waals surface area contributed by atoms with Crippen LogP contribution in [-0.4, -0.2) is 12.1 Å². The summed E-state index contributed by atoms with van der Waals surface area (Å²) < 4.78 is 0. The number of unbranched alkanes of at least 4 members (excludes halogenated alkanes) is 1. The molecule has 0 radical (unpaired) electrons. The van der Waals surface area contributed by atoms with Gasteiger partial charge in [0.05, 0.1) is 0 Å². The first-order valence-electron chi connectivity index (χ1n) is 5.94. The summed E-state index contributed by atoms with van der Waals surface area (Å²) in [6, 6.07) is 0. The Labute approximate surface area is 90.0 Å². The molecule has 0 aliphatic rings. The largest absolute Gasteiger partial charge is 0.308 e. The molecule has 0 aromatic rings. The molecular weight excluding hydrogens is 170 g/mol. The van der Waals surface area contributed by atoms with Gasteiger partial charge in [-0.2, -0.15) is 0 Å². The third-order valence-electron chi connectivity index (χ3n) is 2.90. The van der Waals surface area contributed by atoms with Crippen molar-refractivity contribution in [2.45, 2.75) is 58.9 Å². The Balaban J connectivity index is 3.77. The number of hydrogen-bond donors (Lipinski definition) is 1. The summed E-state index contributed by atoms with van der Waals surface area (Å²) in [6.45, 7) is 13.8. The normalized spacial score (nSPS) is 14.0. The van der Waals surface area contributed by atoms with Crippen molar-refractivity contribution in [3.8, 4) is 0 Å². The van der Waals surface area contributed by atoms with Gasteiger partial charge in [-0.1, -0.05) is 39.2 Å². The highest BCUT2D eigenvalue weighted by Crippen LogP contribution is 2.13. The van der Waals surface area contributed by atoms with Crippen molar-refractivity contribution in [3.63, 3.8) is 0 Å². The van der Waals surface area contributed by atoms with E-state index in [4.69, 9.17) is 0 Å². The molecular formula is C13H27N. The van der Waals surface area contributed by atoms with Crippen LogP contribution >= 0.6 is 0 Å². The van der Waals surface area contributed by atoms with E-state index in [1.165, 1.54) is 25.7 Å². The molecule has 0 saturated heterocycles. The quantitative estimate of drug-likeness (QED) is 0.584. The molecule has 0 aromatic heterocycles. The van der Waals surface area contributed by atoms with E-state index in [1.54, 1.807) is 0 Å². The van der Waals surface area contributed by atoms with E-state index in [2.05, 4.69) is 39.6 Å². The number of nitrogens with one attached hydrogen (secondary N) is 1. The van der Waals surface area contributed by atoms with Gasteiger partial charge in [0.1, 0.15) is 0 Å². The Morgan fingerprint density at radius 1 is 1.36 bits per heavy atom. The van der Waals surface area contributed by atoms with Crippen molar-refractivity contribution in [2.24, 2.45) is 5.92 Å². The van der Waals surface area contributed by atoms with Crippen LogP contribution in [0.4, 0.5) is 0 Å².